The highest BCUT2D eigenvalue weighted by Crippen LogP contribution is 2.18. The van der Waals surface area contributed by atoms with Gasteiger partial charge in [0.15, 0.2) is 0 Å². The fraction of sp³-hybridized carbons (Fsp3) is 0.500. The Bertz CT molecular complexity index is 363. The van der Waals surface area contributed by atoms with Gasteiger partial charge in [-0.3, -0.25) is 4.79 Å². The molecule has 1 aromatic carbocycles. The van der Waals surface area contributed by atoms with Crippen LogP contribution in [0.2, 0.25) is 0 Å². The fourth-order valence-corrected chi connectivity index (χ4v) is 1.76. The number of hydrogen-bond donors (Lipinski definition) is 1. The predicted octanol–water partition coefficient (Wildman–Crippen LogP) is 2.60. The van der Waals surface area contributed by atoms with Crippen LogP contribution in [0.4, 0.5) is 0 Å². The zero-order valence-corrected chi connectivity index (χ0v) is 10.8. The van der Waals surface area contributed by atoms with E-state index in [4.69, 9.17) is 4.74 Å². The van der Waals surface area contributed by atoms with Crippen molar-refractivity contribution < 1.29 is 9.53 Å². The summed E-state index contributed by atoms with van der Waals surface area (Å²) in [7, 11) is 1.43. The van der Waals surface area contributed by atoms with Crippen LogP contribution >= 0.6 is 0 Å². The van der Waals surface area contributed by atoms with Gasteiger partial charge in [0, 0.05) is 6.04 Å². The number of esters is 1. The number of hydrogen-bond acceptors (Lipinski definition) is 3. The van der Waals surface area contributed by atoms with Crippen molar-refractivity contribution in [2.75, 3.05) is 13.7 Å². The molecule has 0 heterocycles. The second-order valence-electron chi connectivity index (χ2n) is 4.20. The van der Waals surface area contributed by atoms with Crippen LogP contribution in [-0.2, 0) is 9.53 Å². The van der Waals surface area contributed by atoms with Crippen molar-refractivity contribution in [3.8, 4) is 0 Å². The molecule has 0 spiro atoms. The summed E-state index contributed by atoms with van der Waals surface area (Å²) in [6.45, 7) is 5.06. The SMILES string of the molecule is CCCNC(CC(=O)OC)c1cccc(C)c1. The molecule has 0 bridgehead atoms. The summed E-state index contributed by atoms with van der Waals surface area (Å²) in [6, 6.07) is 8.27. The minimum Gasteiger partial charge on any atom is -0.469 e. The Morgan fingerprint density at radius 3 is 2.82 bits per heavy atom. The lowest BCUT2D eigenvalue weighted by Gasteiger charge is -2.18. The Labute approximate surface area is 103 Å². The lowest BCUT2D eigenvalue weighted by molar-refractivity contribution is -0.141. The van der Waals surface area contributed by atoms with Crippen LogP contribution in [0.3, 0.4) is 0 Å². The van der Waals surface area contributed by atoms with E-state index in [9.17, 15) is 4.79 Å². The molecule has 0 aliphatic rings. The monoisotopic (exact) mass is 235 g/mol. The Morgan fingerprint density at radius 2 is 2.24 bits per heavy atom. The highest BCUT2D eigenvalue weighted by molar-refractivity contribution is 5.70. The molecule has 3 nitrogen and oxygen atoms in total. The van der Waals surface area contributed by atoms with Crippen molar-refractivity contribution in [3.05, 3.63) is 35.4 Å². The number of methoxy groups -OCH3 is 1. The third-order valence-corrected chi connectivity index (χ3v) is 2.68. The third kappa shape index (κ3) is 4.57. The van der Waals surface area contributed by atoms with Crippen molar-refractivity contribution in [1.82, 2.24) is 5.32 Å². The number of ether oxygens (including phenoxy) is 1. The van der Waals surface area contributed by atoms with Crippen molar-refractivity contribution in [1.29, 1.82) is 0 Å². The fourth-order valence-electron chi connectivity index (χ4n) is 1.76. The number of aryl methyl sites for hydroxylation is 1. The van der Waals surface area contributed by atoms with Gasteiger partial charge >= 0.3 is 5.97 Å². The second kappa shape index (κ2) is 7.07. The van der Waals surface area contributed by atoms with E-state index < -0.39 is 0 Å². The van der Waals surface area contributed by atoms with E-state index in [0.717, 1.165) is 18.5 Å². The Hall–Kier alpha value is -1.35. The molecule has 3 heteroatoms. The largest absolute Gasteiger partial charge is 0.469 e. The molecule has 0 aromatic heterocycles. The van der Waals surface area contributed by atoms with Gasteiger partial charge in [-0.25, -0.2) is 0 Å². The summed E-state index contributed by atoms with van der Waals surface area (Å²) in [4.78, 5) is 11.4. The van der Waals surface area contributed by atoms with Gasteiger partial charge in [0.05, 0.1) is 13.5 Å². The molecule has 1 N–H and O–H groups in total. The average molecular weight is 235 g/mol. The summed E-state index contributed by atoms with van der Waals surface area (Å²) < 4.78 is 4.73. The van der Waals surface area contributed by atoms with E-state index in [1.165, 1.54) is 12.7 Å². The quantitative estimate of drug-likeness (QED) is 0.770. The molecule has 0 saturated heterocycles. The normalized spacial score (nSPS) is 12.2. The lowest BCUT2D eigenvalue weighted by Crippen LogP contribution is -2.25. The maximum Gasteiger partial charge on any atom is 0.307 e. The predicted molar refractivity (Wildman–Crippen MR) is 68.8 cm³/mol. The van der Waals surface area contributed by atoms with Crippen molar-refractivity contribution in [3.63, 3.8) is 0 Å². The molecule has 0 radical (unpaired) electrons. The van der Waals surface area contributed by atoms with E-state index in [0.29, 0.717) is 6.42 Å². The van der Waals surface area contributed by atoms with Crippen LogP contribution in [0, 0.1) is 6.92 Å². The first kappa shape index (κ1) is 13.7. The number of carbonyl (C=O) groups is 1. The average Bonchev–Trinajstić information content (AvgIpc) is 2.34. The van der Waals surface area contributed by atoms with Crippen molar-refractivity contribution in [2.45, 2.75) is 32.7 Å². The molecule has 1 unspecified atom stereocenters. The number of benzene rings is 1. The van der Waals surface area contributed by atoms with Crippen LogP contribution in [0.15, 0.2) is 24.3 Å². The van der Waals surface area contributed by atoms with E-state index in [1.807, 2.05) is 12.1 Å². The highest BCUT2D eigenvalue weighted by Gasteiger charge is 2.15. The third-order valence-electron chi connectivity index (χ3n) is 2.68. The van der Waals surface area contributed by atoms with Gasteiger partial charge in [-0.05, 0) is 25.5 Å². The van der Waals surface area contributed by atoms with Crippen LogP contribution in [-0.4, -0.2) is 19.6 Å². The molecule has 1 aromatic rings. The molecule has 0 aliphatic heterocycles. The lowest BCUT2D eigenvalue weighted by atomic mass is 10.0. The Kier molecular flexibility index (Phi) is 5.70. The number of nitrogens with one attached hydrogen (secondary N) is 1. The van der Waals surface area contributed by atoms with Crippen LogP contribution in [0.1, 0.15) is 36.9 Å². The van der Waals surface area contributed by atoms with E-state index in [2.05, 4.69) is 31.3 Å². The van der Waals surface area contributed by atoms with Gasteiger partial charge in [0.1, 0.15) is 0 Å². The summed E-state index contributed by atoms with van der Waals surface area (Å²) >= 11 is 0. The molecule has 94 valence electrons. The summed E-state index contributed by atoms with van der Waals surface area (Å²) in [6.07, 6.45) is 1.42. The van der Waals surface area contributed by atoms with Gasteiger partial charge in [0.2, 0.25) is 0 Å². The first-order chi connectivity index (χ1) is 8.17. The molecule has 1 rings (SSSR count). The molecular weight excluding hydrogens is 214 g/mol. The van der Waals surface area contributed by atoms with Gasteiger partial charge in [-0.2, -0.15) is 0 Å². The number of carbonyl (C=O) groups excluding carboxylic acids is 1. The Morgan fingerprint density at radius 1 is 1.47 bits per heavy atom. The van der Waals surface area contributed by atoms with E-state index >= 15 is 0 Å². The maximum atomic E-state index is 11.4. The first-order valence-corrected chi connectivity index (χ1v) is 6.04. The molecule has 17 heavy (non-hydrogen) atoms. The van der Waals surface area contributed by atoms with Gasteiger partial charge in [-0.1, -0.05) is 36.8 Å². The van der Waals surface area contributed by atoms with Gasteiger partial charge < -0.3 is 10.1 Å². The molecule has 0 aliphatic carbocycles. The molecular formula is C14H21NO2. The zero-order valence-electron chi connectivity index (χ0n) is 10.8. The first-order valence-electron chi connectivity index (χ1n) is 6.04. The zero-order chi connectivity index (χ0) is 12.7. The molecule has 1 atom stereocenters. The molecule has 0 saturated carbocycles. The van der Waals surface area contributed by atoms with E-state index in [-0.39, 0.29) is 12.0 Å². The minimum atomic E-state index is -0.180. The number of rotatable bonds is 6. The summed E-state index contributed by atoms with van der Waals surface area (Å²) in [5.41, 5.74) is 2.35. The smallest absolute Gasteiger partial charge is 0.307 e. The second-order valence-corrected chi connectivity index (χ2v) is 4.20. The summed E-state index contributed by atoms with van der Waals surface area (Å²) in [5, 5.41) is 3.38. The van der Waals surface area contributed by atoms with Crippen molar-refractivity contribution >= 4 is 5.97 Å². The van der Waals surface area contributed by atoms with Crippen LogP contribution in [0.5, 0.6) is 0 Å². The van der Waals surface area contributed by atoms with Crippen LogP contribution < -0.4 is 5.32 Å². The molecule has 0 amide bonds. The molecule has 0 fully saturated rings. The minimum absolute atomic E-state index is 0.0438. The summed E-state index contributed by atoms with van der Waals surface area (Å²) in [5.74, 6) is -0.180. The maximum absolute atomic E-state index is 11.4. The standard InChI is InChI=1S/C14H21NO2/c1-4-8-15-13(10-14(16)17-3)12-7-5-6-11(2)9-12/h5-7,9,13,15H,4,8,10H2,1-3H3. The van der Waals surface area contributed by atoms with Gasteiger partial charge in [-0.15, -0.1) is 0 Å². The van der Waals surface area contributed by atoms with Gasteiger partial charge in [0.25, 0.3) is 0 Å². The highest BCUT2D eigenvalue weighted by atomic mass is 16.5. The topological polar surface area (TPSA) is 38.3 Å². The van der Waals surface area contributed by atoms with Crippen LogP contribution in [0.25, 0.3) is 0 Å². The van der Waals surface area contributed by atoms with E-state index in [1.54, 1.807) is 0 Å². The Balaban J connectivity index is 2.77. The van der Waals surface area contributed by atoms with Crippen molar-refractivity contribution in [2.24, 2.45) is 0 Å².